The first-order chi connectivity index (χ1) is 17.3. The summed E-state index contributed by atoms with van der Waals surface area (Å²) in [4.78, 5) is 43.0. The fraction of sp³-hybridized carbons (Fsp3) is 0.250. The molecule has 8 nitrogen and oxygen atoms in total. The predicted molar refractivity (Wildman–Crippen MR) is 137 cm³/mol. The van der Waals surface area contributed by atoms with Crippen LogP contribution >= 0.6 is 0 Å². The maximum atomic E-state index is 13.2. The average Bonchev–Trinajstić information content (AvgIpc) is 2.89. The molecule has 4 rings (SSSR count). The standard InChI is InChI=1S/C28H27N5O3/c1-18-3-6-23(15-25(18)32-27(35)24-9-10-26(30-17-24)31-19(2)34)28(36)33-13-11-22(12-14-33)21-7-4-20(16-29)5-8-21/h3-10,15,17,22H,11-14H2,1-2H3,(H,32,35)(H,30,31,34). The fourth-order valence-electron chi connectivity index (χ4n) is 4.29. The molecule has 0 aliphatic carbocycles. The van der Waals surface area contributed by atoms with E-state index < -0.39 is 0 Å². The van der Waals surface area contributed by atoms with Gasteiger partial charge in [0.2, 0.25) is 5.91 Å². The molecule has 8 heteroatoms. The van der Waals surface area contributed by atoms with E-state index in [1.54, 1.807) is 24.3 Å². The Kier molecular flexibility index (Phi) is 7.40. The maximum absolute atomic E-state index is 13.2. The van der Waals surface area contributed by atoms with E-state index in [2.05, 4.69) is 21.7 Å². The average molecular weight is 482 g/mol. The van der Waals surface area contributed by atoms with Crippen molar-refractivity contribution < 1.29 is 14.4 Å². The summed E-state index contributed by atoms with van der Waals surface area (Å²) in [6.45, 7) is 4.54. The second-order valence-corrected chi connectivity index (χ2v) is 8.90. The van der Waals surface area contributed by atoms with Crippen LogP contribution in [0.5, 0.6) is 0 Å². The van der Waals surface area contributed by atoms with Crippen LogP contribution in [0, 0.1) is 18.3 Å². The number of likely N-dealkylation sites (tertiary alicyclic amines) is 1. The molecule has 182 valence electrons. The lowest BCUT2D eigenvalue weighted by Crippen LogP contribution is -2.38. The van der Waals surface area contributed by atoms with Crippen LogP contribution in [0.1, 0.15) is 63.1 Å². The number of nitrogens with one attached hydrogen (secondary N) is 2. The molecule has 0 spiro atoms. The molecule has 0 bridgehead atoms. The summed E-state index contributed by atoms with van der Waals surface area (Å²) in [5.74, 6) is 0.0688. The largest absolute Gasteiger partial charge is 0.339 e. The Labute approximate surface area is 210 Å². The molecule has 2 aromatic carbocycles. The molecule has 36 heavy (non-hydrogen) atoms. The van der Waals surface area contributed by atoms with Crippen molar-refractivity contribution in [3.05, 3.63) is 88.6 Å². The number of hydrogen-bond acceptors (Lipinski definition) is 5. The summed E-state index contributed by atoms with van der Waals surface area (Å²) in [5.41, 5.74) is 4.09. The molecule has 1 aliphatic heterocycles. The summed E-state index contributed by atoms with van der Waals surface area (Å²) in [5, 5.41) is 14.4. The molecule has 3 amide bonds. The number of carbonyl (C=O) groups is 3. The molecule has 2 heterocycles. The minimum absolute atomic E-state index is 0.0647. The first-order valence-electron chi connectivity index (χ1n) is 11.8. The molecule has 0 unspecified atom stereocenters. The van der Waals surface area contributed by atoms with Crippen molar-refractivity contribution in [3.8, 4) is 6.07 Å². The highest BCUT2D eigenvalue weighted by atomic mass is 16.2. The molecule has 2 N–H and O–H groups in total. The van der Waals surface area contributed by atoms with E-state index in [1.807, 2.05) is 42.2 Å². The predicted octanol–water partition coefficient (Wildman–Crippen LogP) is 4.49. The molecular formula is C28H27N5O3. The quantitative estimate of drug-likeness (QED) is 0.557. The van der Waals surface area contributed by atoms with Gasteiger partial charge in [0, 0.05) is 37.5 Å². The smallest absolute Gasteiger partial charge is 0.257 e. The molecule has 1 fully saturated rings. The van der Waals surface area contributed by atoms with Crippen LogP contribution in [0.15, 0.2) is 60.8 Å². The molecule has 1 aliphatic rings. The number of carbonyl (C=O) groups excluding carboxylic acids is 3. The van der Waals surface area contributed by atoms with Gasteiger partial charge in [-0.25, -0.2) is 4.98 Å². The first-order valence-corrected chi connectivity index (χ1v) is 11.8. The third-order valence-electron chi connectivity index (χ3n) is 6.36. The van der Waals surface area contributed by atoms with Crippen LogP contribution < -0.4 is 10.6 Å². The number of amides is 3. The number of anilines is 2. The fourth-order valence-corrected chi connectivity index (χ4v) is 4.29. The van der Waals surface area contributed by atoms with Gasteiger partial charge < -0.3 is 15.5 Å². The summed E-state index contributed by atoms with van der Waals surface area (Å²) in [6.07, 6.45) is 3.10. The lowest BCUT2D eigenvalue weighted by atomic mass is 9.89. The molecule has 3 aromatic rings. The number of nitriles is 1. The number of aromatic nitrogens is 1. The summed E-state index contributed by atoms with van der Waals surface area (Å²) in [7, 11) is 0. The van der Waals surface area contributed by atoms with E-state index in [-0.39, 0.29) is 17.7 Å². The van der Waals surface area contributed by atoms with Crippen LogP contribution in [0.2, 0.25) is 0 Å². The van der Waals surface area contributed by atoms with Crippen molar-refractivity contribution in [2.75, 3.05) is 23.7 Å². The molecule has 0 atom stereocenters. The molecule has 1 saturated heterocycles. The lowest BCUT2D eigenvalue weighted by Gasteiger charge is -2.32. The third-order valence-corrected chi connectivity index (χ3v) is 6.36. The number of aryl methyl sites for hydroxylation is 1. The second-order valence-electron chi connectivity index (χ2n) is 8.90. The van der Waals surface area contributed by atoms with Gasteiger partial charge in [-0.2, -0.15) is 5.26 Å². The van der Waals surface area contributed by atoms with Gasteiger partial charge in [-0.3, -0.25) is 14.4 Å². The first kappa shape index (κ1) is 24.6. The van der Waals surface area contributed by atoms with Gasteiger partial charge in [-0.1, -0.05) is 18.2 Å². The third kappa shape index (κ3) is 5.76. The zero-order chi connectivity index (χ0) is 25.7. The topological polar surface area (TPSA) is 115 Å². The van der Waals surface area contributed by atoms with E-state index in [4.69, 9.17) is 5.26 Å². The second kappa shape index (κ2) is 10.8. The molecular weight excluding hydrogens is 454 g/mol. The van der Waals surface area contributed by atoms with Gasteiger partial charge in [0.1, 0.15) is 5.82 Å². The number of benzene rings is 2. The van der Waals surface area contributed by atoms with Gasteiger partial charge >= 0.3 is 0 Å². The van der Waals surface area contributed by atoms with E-state index in [0.717, 1.165) is 18.4 Å². The minimum Gasteiger partial charge on any atom is -0.339 e. The van der Waals surface area contributed by atoms with Gasteiger partial charge in [0.25, 0.3) is 11.8 Å². The maximum Gasteiger partial charge on any atom is 0.257 e. The Bertz CT molecular complexity index is 1320. The van der Waals surface area contributed by atoms with Crippen molar-refractivity contribution >= 4 is 29.2 Å². The van der Waals surface area contributed by atoms with E-state index in [1.165, 1.54) is 18.7 Å². The van der Waals surface area contributed by atoms with Gasteiger partial charge in [0.05, 0.1) is 17.2 Å². The van der Waals surface area contributed by atoms with Crippen molar-refractivity contribution in [2.45, 2.75) is 32.6 Å². The van der Waals surface area contributed by atoms with Crippen LogP contribution in [-0.4, -0.2) is 40.7 Å². The zero-order valence-electron chi connectivity index (χ0n) is 20.2. The van der Waals surface area contributed by atoms with Crippen LogP contribution in [0.3, 0.4) is 0 Å². The van der Waals surface area contributed by atoms with Gasteiger partial charge in [-0.15, -0.1) is 0 Å². The summed E-state index contributed by atoms with van der Waals surface area (Å²) in [6, 6.07) is 18.3. The van der Waals surface area contributed by atoms with Crippen LogP contribution in [0.25, 0.3) is 0 Å². The molecule has 0 saturated carbocycles. The number of hydrogen-bond donors (Lipinski definition) is 2. The van der Waals surface area contributed by atoms with Gasteiger partial charge in [-0.05, 0) is 73.2 Å². The van der Waals surface area contributed by atoms with Crippen molar-refractivity contribution in [2.24, 2.45) is 0 Å². The highest BCUT2D eigenvalue weighted by Crippen LogP contribution is 2.29. The SMILES string of the molecule is CC(=O)Nc1ccc(C(=O)Nc2cc(C(=O)N3CCC(c4ccc(C#N)cc4)CC3)ccc2C)cn1. The summed E-state index contributed by atoms with van der Waals surface area (Å²) < 4.78 is 0. The highest BCUT2D eigenvalue weighted by molar-refractivity contribution is 6.05. The highest BCUT2D eigenvalue weighted by Gasteiger charge is 2.25. The summed E-state index contributed by atoms with van der Waals surface area (Å²) >= 11 is 0. The Hall–Kier alpha value is -4.51. The Morgan fingerprint density at radius 3 is 2.28 bits per heavy atom. The number of piperidine rings is 1. The van der Waals surface area contributed by atoms with E-state index in [0.29, 0.717) is 47.2 Å². The molecule has 0 radical (unpaired) electrons. The van der Waals surface area contributed by atoms with Crippen LogP contribution in [0.4, 0.5) is 11.5 Å². The number of pyridine rings is 1. The van der Waals surface area contributed by atoms with Gasteiger partial charge in [0.15, 0.2) is 0 Å². The monoisotopic (exact) mass is 481 g/mol. The minimum atomic E-state index is -0.354. The Morgan fingerprint density at radius 1 is 0.972 bits per heavy atom. The normalized spacial score (nSPS) is 13.5. The van der Waals surface area contributed by atoms with E-state index >= 15 is 0 Å². The van der Waals surface area contributed by atoms with E-state index in [9.17, 15) is 14.4 Å². The van der Waals surface area contributed by atoms with Crippen LogP contribution in [-0.2, 0) is 4.79 Å². The zero-order valence-corrected chi connectivity index (χ0v) is 20.2. The van der Waals surface area contributed by atoms with Crippen molar-refractivity contribution in [3.63, 3.8) is 0 Å². The molecule has 1 aromatic heterocycles. The number of rotatable bonds is 5. The lowest BCUT2D eigenvalue weighted by molar-refractivity contribution is -0.114. The number of nitrogens with zero attached hydrogens (tertiary/aromatic N) is 3. The van der Waals surface area contributed by atoms with Crippen molar-refractivity contribution in [1.82, 2.24) is 9.88 Å². The Morgan fingerprint density at radius 2 is 1.67 bits per heavy atom. The van der Waals surface area contributed by atoms with Crippen molar-refractivity contribution in [1.29, 1.82) is 5.26 Å². The Balaban J connectivity index is 1.40.